The molecule has 1 saturated carbocycles. The lowest BCUT2D eigenvalue weighted by molar-refractivity contribution is 0.244. The van der Waals surface area contributed by atoms with Gasteiger partial charge in [-0.3, -0.25) is 4.98 Å². The standard InChI is InChI=1S/C21H22N4OS/c26-21(23-16-8-2-1-3-9-16)24-17-10-6-7-15(13-17)19-14-27-20(25-19)18-11-4-5-12-22-18/h4-7,10-14,16H,1-3,8-9H2,(H2,23,24,26). The van der Waals surface area contributed by atoms with Gasteiger partial charge < -0.3 is 10.6 Å². The average Bonchev–Trinajstić information content (AvgIpc) is 3.20. The molecule has 1 fully saturated rings. The van der Waals surface area contributed by atoms with Gasteiger partial charge >= 0.3 is 6.03 Å². The number of rotatable bonds is 4. The van der Waals surface area contributed by atoms with Crippen LogP contribution < -0.4 is 10.6 Å². The van der Waals surface area contributed by atoms with Crippen molar-refractivity contribution in [3.05, 3.63) is 54.0 Å². The first kappa shape index (κ1) is 17.7. The molecule has 0 aliphatic heterocycles. The quantitative estimate of drug-likeness (QED) is 0.645. The number of carbonyl (C=O) groups excluding carboxylic acids is 1. The number of carbonyl (C=O) groups is 1. The van der Waals surface area contributed by atoms with E-state index in [0.29, 0.717) is 6.04 Å². The van der Waals surface area contributed by atoms with Crippen molar-refractivity contribution in [3.8, 4) is 22.0 Å². The largest absolute Gasteiger partial charge is 0.335 e. The highest BCUT2D eigenvalue weighted by Gasteiger charge is 2.16. The van der Waals surface area contributed by atoms with Gasteiger partial charge in [0, 0.05) is 28.9 Å². The Kier molecular flexibility index (Phi) is 5.44. The molecular weight excluding hydrogens is 356 g/mol. The number of hydrogen-bond acceptors (Lipinski definition) is 4. The lowest BCUT2D eigenvalue weighted by Gasteiger charge is -2.22. The normalized spacial score (nSPS) is 14.7. The Balaban J connectivity index is 1.44. The van der Waals surface area contributed by atoms with Crippen LogP contribution in [-0.4, -0.2) is 22.0 Å². The van der Waals surface area contributed by atoms with Crippen LogP contribution in [0.5, 0.6) is 0 Å². The number of nitrogens with one attached hydrogen (secondary N) is 2. The van der Waals surface area contributed by atoms with Crippen LogP contribution in [0.3, 0.4) is 0 Å². The number of benzene rings is 1. The summed E-state index contributed by atoms with van der Waals surface area (Å²) in [5.41, 5.74) is 3.50. The fraction of sp³-hybridized carbons (Fsp3) is 0.286. The van der Waals surface area contributed by atoms with E-state index >= 15 is 0 Å². The number of thiazole rings is 1. The van der Waals surface area contributed by atoms with Crippen LogP contribution in [0.15, 0.2) is 54.0 Å². The zero-order valence-electron chi connectivity index (χ0n) is 15.0. The maximum atomic E-state index is 12.3. The minimum Gasteiger partial charge on any atom is -0.335 e. The Morgan fingerprint density at radius 1 is 1.04 bits per heavy atom. The lowest BCUT2D eigenvalue weighted by atomic mass is 9.96. The Bertz CT molecular complexity index is 903. The topological polar surface area (TPSA) is 66.9 Å². The molecule has 1 aliphatic carbocycles. The van der Waals surface area contributed by atoms with Crippen LogP contribution in [0.1, 0.15) is 32.1 Å². The predicted octanol–water partition coefficient (Wildman–Crippen LogP) is 5.33. The van der Waals surface area contributed by atoms with E-state index in [9.17, 15) is 4.79 Å². The predicted molar refractivity (Wildman–Crippen MR) is 110 cm³/mol. The molecule has 0 saturated heterocycles. The second kappa shape index (κ2) is 8.31. The van der Waals surface area contributed by atoms with Gasteiger partial charge in [-0.15, -0.1) is 11.3 Å². The van der Waals surface area contributed by atoms with Gasteiger partial charge in [0.25, 0.3) is 0 Å². The van der Waals surface area contributed by atoms with Crippen LogP contribution in [0, 0.1) is 0 Å². The van der Waals surface area contributed by atoms with Gasteiger partial charge in [-0.1, -0.05) is 37.5 Å². The molecule has 6 heteroatoms. The third kappa shape index (κ3) is 4.52. The van der Waals surface area contributed by atoms with Crippen LogP contribution >= 0.6 is 11.3 Å². The van der Waals surface area contributed by atoms with E-state index in [4.69, 9.17) is 4.98 Å². The van der Waals surface area contributed by atoms with Gasteiger partial charge in [-0.2, -0.15) is 0 Å². The first-order valence-electron chi connectivity index (χ1n) is 9.33. The molecule has 2 heterocycles. The van der Waals surface area contributed by atoms with E-state index in [1.165, 1.54) is 19.3 Å². The van der Waals surface area contributed by atoms with Gasteiger partial charge in [0.2, 0.25) is 0 Å². The van der Waals surface area contributed by atoms with E-state index in [-0.39, 0.29) is 6.03 Å². The number of anilines is 1. The van der Waals surface area contributed by atoms with Crippen molar-refractivity contribution >= 4 is 23.1 Å². The fourth-order valence-corrected chi connectivity index (χ4v) is 4.17. The van der Waals surface area contributed by atoms with Crippen LogP contribution in [-0.2, 0) is 0 Å². The zero-order chi connectivity index (χ0) is 18.5. The molecule has 0 atom stereocenters. The summed E-state index contributed by atoms with van der Waals surface area (Å²) < 4.78 is 0. The highest BCUT2D eigenvalue weighted by molar-refractivity contribution is 7.13. The van der Waals surface area contributed by atoms with E-state index in [1.807, 2.05) is 47.8 Å². The summed E-state index contributed by atoms with van der Waals surface area (Å²) in [5.74, 6) is 0. The summed E-state index contributed by atoms with van der Waals surface area (Å²) in [5, 5.41) is 8.94. The summed E-state index contributed by atoms with van der Waals surface area (Å²) in [6, 6.07) is 13.8. The van der Waals surface area contributed by atoms with E-state index in [1.54, 1.807) is 17.5 Å². The van der Waals surface area contributed by atoms with Gasteiger partial charge in [-0.25, -0.2) is 9.78 Å². The molecule has 0 unspecified atom stereocenters. The Morgan fingerprint density at radius 2 is 1.93 bits per heavy atom. The molecule has 0 bridgehead atoms. The van der Waals surface area contributed by atoms with Crippen molar-refractivity contribution < 1.29 is 4.79 Å². The summed E-state index contributed by atoms with van der Waals surface area (Å²) in [6.07, 6.45) is 7.58. The highest BCUT2D eigenvalue weighted by atomic mass is 32.1. The minimum absolute atomic E-state index is 0.133. The van der Waals surface area contributed by atoms with Gasteiger partial charge in [0.05, 0.1) is 11.4 Å². The molecule has 2 amide bonds. The molecule has 27 heavy (non-hydrogen) atoms. The number of pyridine rings is 1. The summed E-state index contributed by atoms with van der Waals surface area (Å²) in [6.45, 7) is 0. The van der Waals surface area contributed by atoms with E-state index < -0.39 is 0 Å². The lowest BCUT2D eigenvalue weighted by Crippen LogP contribution is -2.39. The SMILES string of the molecule is O=C(Nc1cccc(-c2csc(-c3ccccn3)n2)c1)NC1CCCCC1. The summed E-state index contributed by atoms with van der Waals surface area (Å²) in [4.78, 5) is 21.3. The molecule has 3 aromatic rings. The Morgan fingerprint density at radius 3 is 2.74 bits per heavy atom. The van der Waals surface area contributed by atoms with Crippen molar-refractivity contribution in [1.29, 1.82) is 0 Å². The van der Waals surface area contributed by atoms with Gasteiger partial charge in [0.1, 0.15) is 5.01 Å². The van der Waals surface area contributed by atoms with Crippen molar-refractivity contribution in [2.24, 2.45) is 0 Å². The fourth-order valence-electron chi connectivity index (χ4n) is 3.37. The number of aromatic nitrogens is 2. The number of amides is 2. The van der Waals surface area contributed by atoms with Crippen molar-refractivity contribution in [2.75, 3.05) is 5.32 Å². The molecule has 4 rings (SSSR count). The maximum absolute atomic E-state index is 12.3. The van der Waals surface area contributed by atoms with Crippen LogP contribution in [0.25, 0.3) is 22.0 Å². The molecule has 2 N–H and O–H groups in total. The highest BCUT2D eigenvalue weighted by Crippen LogP contribution is 2.29. The third-order valence-corrected chi connectivity index (χ3v) is 5.61. The van der Waals surface area contributed by atoms with Crippen LogP contribution in [0.2, 0.25) is 0 Å². The average molecular weight is 379 g/mol. The molecule has 5 nitrogen and oxygen atoms in total. The van der Waals surface area contributed by atoms with Crippen molar-refractivity contribution in [1.82, 2.24) is 15.3 Å². The zero-order valence-corrected chi connectivity index (χ0v) is 15.8. The smallest absolute Gasteiger partial charge is 0.319 e. The molecule has 0 spiro atoms. The molecule has 2 aromatic heterocycles. The van der Waals surface area contributed by atoms with Gasteiger partial charge in [0.15, 0.2) is 0 Å². The monoisotopic (exact) mass is 378 g/mol. The second-order valence-corrected chi connectivity index (χ2v) is 7.63. The van der Waals surface area contributed by atoms with E-state index in [0.717, 1.165) is 40.5 Å². The first-order valence-corrected chi connectivity index (χ1v) is 10.2. The molecule has 0 radical (unpaired) electrons. The van der Waals surface area contributed by atoms with Crippen molar-refractivity contribution in [3.63, 3.8) is 0 Å². The maximum Gasteiger partial charge on any atom is 0.319 e. The van der Waals surface area contributed by atoms with Gasteiger partial charge in [-0.05, 0) is 37.1 Å². The molecule has 1 aromatic carbocycles. The minimum atomic E-state index is -0.133. The third-order valence-electron chi connectivity index (χ3n) is 4.74. The number of hydrogen-bond donors (Lipinski definition) is 2. The van der Waals surface area contributed by atoms with Crippen LogP contribution in [0.4, 0.5) is 10.5 Å². The Labute approximate surface area is 162 Å². The number of urea groups is 1. The molecule has 1 aliphatic rings. The number of nitrogens with zero attached hydrogens (tertiary/aromatic N) is 2. The summed E-state index contributed by atoms with van der Waals surface area (Å²) >= 11 is 1.57. The molecule has 138 valence electrons. The second-order valence-electron chi connectivity index (χ2n) is 6.77. The Hall–Kier alpha value is -2.73. The van der Waals surface area contributed by atoms with Crippen molar-refractivity contribution in [2.45, 2.75) is 38.1 Å². The summed E-state index contributed by atoms with van der Waals surface area (Å²) in [7, 11) is 0. The first-order chi connectivity index (χ1) is 13.3. The van der Waals surface area contributed by atoms with E-state index in [2.05, 4.69) is 15.6 Å². The molecular formula is C21H22N4OS.